The highest BCUT2D eigenvalue weighted by molar-refractivity contribution is 6.31. The third-order valence-electron chi connectivity index (χ3n) is 6.16. The van der Waals surface area contributed by atoms with Crippen LogP contribution in [0.3, 0.4) is 0 Å². The van der Waals surface area contributed by atoms with E-state index in [1.807, 2.05) is 29.2 Å². The first-order valence-corrected chi connectivity index (χ1v) is 10.3. The maximum atomic E-state index is 13.3. The molecule has 0 saturated carbocycles. The van der Waals surface area contributed by atoms with Crippen LogP contribution < -0.4 is 0 Å². The average molecular weight is 395 g/mol. The van der Waals surface area contributed by atoms with Crippen LogP contribution in [0.15, 0.2) is 48.5 Å². The van der Waals surface area contributed by atoms with Crippen LogP contribution in [-0.2, 0) is 9.53 Å². The quantitative estimate of drug-likeness (QED) is 0.662. The summed E-state index contributed by atoms with van der Waals surface area (Å²) in [6.45, 7) is 3.38. The molecule has 2 aromatic carbocycles. The maximum absolute atomic E-state index is 13.3. The van der Waals surface area contributed by atoms with Crippen LogP contribution in [-0.4, -0.2) is 35.0 Å². The molecule has 1 aromatic heterocycles. The summed E-state index contributed by atoms with van der Waals surface area (Å²) in [5, 5.41) is 1.95. The number of carbonyl (C=O) groups excluding carboxylic acids is 1. The van der Waals surface area contributed by atoms with Crippen molar-refractivity contribution in [3.05, 3.63) is 70.4 Å². The van der Waals surface area contributed by atoms with E-state index in [0.29, 0.717) is 13.2 Å². The molecule has 2 aliphatic rings. The summed E-state index contributed by atoms with van der Waals surface area (Å²) in [7, 11) is 0. The standard InChI is InChI=1S/C23H23ClN2O2/c1-14-22-21(16-8-3-5-10-19(16)25-22)17(15-7-2-4-9-18(15)24)13-26(14)23(27)20-11-6-12-28-20/h2-5,7-10,14,17,20,25H,6,11-13H2,1H3/t14-,17-,20-/m1/s1. The Morgan fingerprint density at radius 2 is 1.96 bits per heavy atom. The highest BCUT2D eigenvalue weighted by atomic mass is 35.5. The number of nitrogens with one attached hydrogen (secondary N) is 1. The SMILES string of the molecule is C[C@@H]1c2[nH]c3ccccc3c2[C@@H](c2ccccc2Cl)CN1C(=O)[C@H]1CCCO1. The molecule has 144 valence electrons. The van der Waals surface area contributed by atoms with Gasteiger partial charge in [0.2, 0.25) is 0 Å². The van der Waals surface area contributed by atoms with Gasteiger partial charge in [-0.05, 0) is 43.0 Å². The van der Waals surface area contributed by atoms with Gasteiger partial charge in [0.1, 0.15) is 6.10 Å². The molecule has 0 radical (unpaired) electrons. The second kappa shape index (κ2) is 6.94. The van der Waals surface area contributed by atoms with Gasteiger partial charge in [-0.15, -0.1) is 0 Å². The number of benzene rings is 2. The number of fused-ring (bicyclic) bond motifs is 3. The van der Waals surface area contributed by atoms with E-state index < -0.39 is 0 Å². The Morgan fingerprint density at radius 3 is 2.75 bits per heavy atom. The zero-order chi connectivity index (χ0) is 19.3. The molecular weight excluding hydrogens is 372 g/mol. The van der Waals surface area contributed by atoms with Crippen LogP contribution in [0.25, 0.3) is 10.9 Å². The van der Waals surface area contributed by atoms with Crippen molar-refractivity contribution in [2.75, 3.05) is 13.2 Å². The normalized spacial score (nSPS) is 24.5. The largest absolute Gasteiger partial charge is 0.368 e. The van der Waals surface area contributed by atoms with Gasteiger partial charge in [0, 0.05) is 40.7 Å². The monoisotopic (exact) mass is 394 g/mol. The summed E-state index contributed by atoms with van der Waals surface area (Å²) in [5.74, 6) is 0.118. The first-order chi connectivity index (χ1) is 13.6. The fraction of sp³-hybridized carbons (Fsp3) is 0.348. The molecule has 3 heterocycles. The van der Waals surface area contributed by atoms with E-state index in [1.165, 1.54) is 10.9 Å². The van der Waals surface area contributed by atoms with Crippen molar-refractivity contribution in [2.24, 2.45) is 0 Å². The van der Waals surface area contributed by atoms with Gasteiger partial charge in [-0.3, -0.25) is 4.79 Å². The number of aromatic nitrogens is 1. The molecule has 3 atom stereocenters. The predicted molar refractivity (Wildman–Crippen MR) is 111 cm³/mol. The fourth-order valence-corrected chi connectivity index (χ4v) is 5.01. The highest BCUT2D eigenvalue weighted by Crippen LogP contribution is 2.45. The second-order valence-electron chi connectivity index (χ2n) is 7.74. The minimum Gasteiger partial charge on any atom is -0.368 e. The van der Waals surface area contributed by atoms with E-state index in [0.717, 1.165) is 34.6 Å². The molecule has 1 amide bonds. The molecule has 0 aliphatic carbocycles. The third-order valence-corrected chi connectivity index (χ3v) is 6.50. The van der Waals surface area contributed by atoms with E-state index in [9.17, 15) is 4.79 Å². The number of nitrogens with zero attached hydrogens (tertiary/aromatic N) is 1. The van der Waals surface area contributed by atoms with Crippen molar-refractivity contribution in [2.45, 2.75) is 37.8 Å². The second-order valence-corrected chi connectivity index (χ2v) is 8.15. The van der Waals surface area contributed by atoms with Crippen LogP contribution in [0.4, 0.5) is 0 Å². The number of rotatable bonds is 2. The van der Waals surface area contributed by atoms with Crippen molar-refractivity contribution in [1.82, 2.24) is 9.88 Å². The van der Waals surface area contributed by atoms with E-state index in [-0.39, 0.29) is 24.0 Å². The Labute approximate surface area is 169 Å². The zero-order valence-electron chi connectivity index (χ0n) is 15.8. The first-order valence-electron chi connectivity index (χ1n) is 9.92. The van der Waals surface area contributed by atoms with Crippen LogP contribution in [0.2, 0.25) is 5.02 Å². The molecule has 1 saturated heterocycles. The number of carbonyl (C=O) groups is 1. The van der Waals surface area contributed by atoms with Crippen molar-refractivity contribution in [1.29, 1.82) is 0 Å². The Morgan fingerprint density at radius 1 is 1.18 bits per heavy atom. The lowest BCUT2D eigenvalue weighted by atomic mass is 9.83. The van der Waals surface area contributed by atoms with Crippen molar-refractivity contribution >= 4 is 28.4 Å². The third kappa shape index (κ3) is 2.75. The fourth-order valence-electron chi connectivity index (χ4n) is 4.74. The molecule has 1 N–H and O–H groups in total. The van der Waals surface area contributed by atoms with Gasteiger partial charge < -0.3 is 14.6 Å². The lowest BCUT2D eigenvalue weighted by Gasteiger charge is -2.39. The van der Waals surface area contributed by atoms with Gasteiger partial charge in [-0.25, -0.2) is 0 Å². The van der Waals surface area contributed by atoms with Gasteiger partial charge in [0.05, 0.1) is 6.04 Å². The Hall–Kier alpha value is -2.30. The van der Waals surface area contributed by atoms with Crippen molar-refractivity contribution in [3.8, 4) is 0 Å². The lowest BCUT2D eigenvalue weighted by Crippen LogP contribution is -2.45. The van der Waals surface area contributed by atoms with E-state index in [2.05, 4.69) is 36.2 Å². The number of para-hydroxylation sites is 1. The van der Waals surface area contributed by atoms with E-state index in [1.54, 1.807) is 0 Å². The number of halogens is 1. The van der Waals surface area contributed by atoms with Gasteiger partial charge in [-0.1, -0.05) is 48.0 Å². The topological polar surface area (TPSA) is 45.3 Å². The summed E-state index contributed by atoms with van der Waals surface area (Å²) < 4.78 is 5.70. The molecule has 28 heavy (non-hydrogen) atoms. The molecule has 1 fully saturated rings. The molecule has 0 bridgehead atoms. The number of hydrogen-bond acceptors (Lipinski definition) is 2. The van der Waals surface area contributed by atoms with Gasteiger partial charge in [-0.2, -0.15) is 0 Å². The highest BCUT2D eigenvalue weighted by Gasteiger charge is 2.40. The summed E-state index contributed by atoms with van der Waals surface area (Å²) in [5.41, 5.74) is 4.52. The summed E-state index contributed by atoms with van der Waals surface area (Å²) in [6, 6.07) is 16.3. The van der Waals surface area contributed by atoms with Crippen LogP contribution >= 0.6 is 11.6 Å². The summed E-state index contributed by atoms with van der Waals surface area (Å²) in [4.78, 5) is 18.8. The number of amides is 1. The van der Waals surface area contributed by atoms with Crippen LogP contribution in [0.5, 0.6) is 0 Å². The summed E-state index contributed by atoms with van der Waals surface area (Å²) in [6.07, 6.45) is 1.43. The van der Waals surface area contributed by atoms with Crippen LogP contribution in [0.1, 0.15) is 48.5 Å². The minimum absolute atomic E-state index is 0.0291. The van der Waals surface area contributed by atoms with Gasteiger partial charge in [0.25, 0.3) is 5.91 Å². The number of H-pyrrole nitrogens is 1. The molecular formula is C23H23ClN2O2. The van der Waals surface area contributed by atoms with E-state index in [4.69, 9.17) is 16.3 Å². The molecule has 4 nitrogen and oxygen atoms in total. The number of aromatic amines is 1. The molecule has 5 heteroatoms. The Kier molecular flexibility index (Phi) is 4.41. The minimum atomic E-state index is -0.319. The van der Waals surface area contributed by atoms with Crippen LogP contribution in [0, 0.1) is 0 Å². The van der Waals surface area contributed by atoms with Gasteiger partial charge in [0.15, 0.2) is 0 Å². The zero-order valence-corrected chi connectivity index (χ0v) is 16.6. The predicted octanol–water partition coefficient (Wildman–Crippen LogP) is 5.04. The Balaban J connectivity index is 1.66. The Bertz CT molecular complexity index is 1040. The van der Waals surface area contributed by atoms with Crippen molar-refractivity contribution in [3.63, 3.8) is 0 Å². The van der Waals surface area contributed by atoms with E-state index >= 15 is 0 Å². The molecule has 0 unspecified atom stereocenters. The van der Waals surface area contributed by atoms with Gasteiger partial charge >= 0.3 is 0 Å². The molecule has 5 rings (SSSR count). The van der Waals surface area contributed by atoms with Crippen molar-refractivity contribution < 1.29 is 9.53 Å². The molecule has 2 aliphatic heterocycles. The first kappa shape index (κ1) is 17.8. The maximum Gasteiger partial charge on any atom is 0.252 e. The molecule has 3 aromatic rings. The lowest BCUT2D eigenvalue weighted by molar-refractivity contribution is -0.144. The smallest absolute Gasteiger partial charge is 0.252 e. The average Bonchev–Trinajstić information content (AvgIpc) is 3.37. The summed E-state index contributed by atoms with van der Waals surface area (Å²) >= 11 is 6.59. The number of ether oxygens (including phenoxy) is 1. The number of hydrogen-bond donors (Lipinski definition) is 1. The molecule has 0 spiro atoms.